The van der Waals surface area contributed by atoms with Crippen molar-refractivity contribution in [3.63, 3.8) is 0 Å². The molecule has 1 saturated carbocycles. The maximum absolute atomic E-state index is 9.34. The molecule has 0 unspecified atom stereocenters. The predicted molar refractivity (Wildman–Crippen MR) is 58.0 cm³/mol. The third kappa shape index (κ3) is 1.46. The van der Waals surface area contributed by atoms with Gasteiger partial charge in [-0.2, -0.15) is 0 Å². The zero-order valence-electron chi connectivity index (χ0n) is 7.16. The van der Waals surface area contributed by atoms with E-state index in [2.05, 4.69) is 21.3 Å². The monoisotopic (exact) mass is 261 g/mol. The van der Waals surface area contributed by atoms with Crippen molar-refractivity contribution in [3.8, 4) is 0 Å². The molecule has 0 atom stereocenters. The van der Waals surface area contributed by atoms with Gasteiger partial charge >= 0.3 is 0 Å². The minimum Gasteiger partial charge on any atom is -0.393 e. The lowest BCUT2D eigenvalue weighted by Gasteiger charge is -2.44. The fraction of sp³-hybridized carbons (Fsp3) is 0.556. The van der Waals surface area contributed by atoms with Crippen LogP contribution < -0.4 is 5.73 Å². The van der Waals surface area contributed by atoms with Crippen LogP contribution in [0.4, 0.5) is 0 Å². The molecule has 1 aliphatic rings. The third-order valence-electron chi connectivity index (χ3n) is 2.74. The lowest BCUT2D eigenvalue weighted by Crippen LogP contribution is -2.49. The number of nitrogens with two attached hydrogens (primary N) is 1. The first-order valence-corrected chi connectivity index (χ1v) is 5.97. The molecule has 0 amide bonds. The van der Waals surface area contributed by atoms with Crippen molar-refractivity contribution < 1.29 is 5.11 Å². The normalized spacial score (nSPS) is 33.0. The van der Waals surface area contributed by atoms with Crippen LogP contribution in [0.3, 0.4) is 0 Å². The Balaban J connectivity index is 2.28. The van der Waals surface area contributed by atoms with Gasteiger partial charge in [-0.1, -0.05) is 0 Å². The summed E-state index contributed by atoms with van der Waals surface area (Å²) in [5.41, 5.74) is 5.81. The van der Waals surface area contributed by atoms with Gasteiger partial charge in [0.2, 0.25) is 0 Å². The molecule has 4 heteroatoms. The molecule has 1 aromatic rings. The van der Waals surface area contributed by atoms with E-state index >= 15 is 0 Å². The molecule has 0 aromatic carbocycles. The molecule has 1 fully saturated rings. The van der Waals surface area contributed by atoms with E-state index in [-0.39, 0.29) is 11.5 Å². The second kappa shape index (κ2) is 3.35. The van der Waals surface area contributed by atoms with Gasteiger partial charge in [0.1, 0.15) is 0 Å². The fourth-order valence-corrected chi connectivity index (χ4v) is 3.99. The van der Waals surface area contributed by atoms with Crippen LogP contribution in [0.25, 0.3) is 0 Å². The molecule has 0 aliphatic heterocycles. The number of aliphatic hydroxyl groups is 1. The van der Waals surface area contributed by atoms with E-state index < -0.39 is 0 Å². The Kier molecular flexibility index (Phi) is 2.49. The molecule has 0 saturated heterocycles. The van der Waals surface area contributed by atoms with Crippen LogP contribution in [-0.2, 0) is 5.41 Å². The Bertz CT molecular complexity index is 306. The maximum Gasteiger partial charge on any atom is 0.0558 e. The highest BCUT2D eigenvalue weighted by Crippen LogP contribution is 2.47. The predicted octanol–water partition coefficient (Wildman–Crippen LogP) is 1.86. The molecule has 1 heterocycles. The minimum atomic E-state index is -0.155. The van der Waals surface area contributed by atoms with Crippen molar-refractivity contribution in [1.82, 2.24) is 0 Å². The van der Waals surface area contributed by atoms with E-state index in [4.69, 9.17) is 5.73 Å². The molecule has 2 nitrogen and oxygen atoms in total. The van der Waals surface area contributed by atoms with Crippen LogP contribution in [0.1, 0.15) is 17.7 Å². The molecule has 72 valence electrons. The smallest absolute Gasteiger partial charge is 0.0558 e. The van der Waals surface area contributed by atoms with Gasteiger partial charge in [-0.25, -0.2) is 0 Å². The van der Waals surface area contributed by atoms with Gasteiger partial charge in [-0.05, 0) is 40.2 Å². The van der Waals surface area contributed by atoms with Crippen LogP contribution in [-0.4, -0.2) is 17.8 Å². The van der Waals surface area contributed by atoms with Crippen molar-refractivity contribution >= 4 is 27.3 Å². The van der Waals surface area contributed by atoms with Gasteiger partial charge in [0.05, 0.1) is 6.10 Å². The molecule has 1 aromatic heterocycles. The summed E-state index contributed by atoms with van der Waals surface area (Å²) in [6.07, 6.45) is 1.46. The summed E-state index contributed by atoms with van der Waals surface area (Å²) in [6, 6.07) is 2.04. The first-order valence-electron chi connectivity index (χ1n) is 4.29. The molecule has 0 bridgehead atoms. The molecule has 3 N–H and O–H groups in total. The third-order valence-corrected chi connectivity index (χ3v) is 4.83. The Morgan fingerprint density at radius 2 is 2.38 bits per heavy atom. The molecular formula is C9H12BrNOS. The molecule has 0 spiro atoms. The summed E-state index contributed by atoms with van der Waals surface area (Å²) in [6.45, 7) is 0.628. The average molecular weight is 262 g/mol. The lowest BCUT2D eigenvalue weighted by atomic mass is 9.66. The van der Waals surface area contributed by atoms with Gasteiger partial charge in [0.25, 0.3) is 0 Å². The SMILES string of the molecule is NCC1(c2sccc2Br)CC(O)C1. The number of thiophene rings is 1. The molecule has 1 aliphatic carbocycles. The van der Waals surface area contributed by atoms with Gasteiger partial charge < -0.3 is 10.8 Å². The van der Waals surface area contributed by atoms with E-state index in [1.807, 2.05) is 6.07 Å². The molecular weight excluding hydrogens is 250 g/mol. The summed E-state index contributed by atoms with van der Waals surface area (Å²) in [5.74, 6) is 0. The zero-order valence-corrected chi connectivity index (χ0v) is 9.57. The van der Waals surface area contributed by atoms with Gasteiger partial charge in [0, 0.05) is 21.3 Å². The van der Waals surface area contributed by atoms with E-state index in [1.165, 1.54) is 4.88 Å². The van der Waals surface area contributed by atoms with E-state index in [1.54, 1.807) is 11.3 Å². The molecule has 13 heavy (non-hydrogen) atoms. The maximum atomic E-state index is 9.34. The van der Waals surface area contributed by atoms with E-state index in [0.29, 0.717) is 6.54 Å². The quantitative estimate of drug-likeness (QED) is 0.854. The van der Waals surface area contributed by atoms with Crippen LogP contribution in [0.5, 0.6) is 0 Å². The number of rotatable bonds is 2. The largest absolute Gasteiger partial charge is 0.393 e. The Morgan fingerprint density at radius 1 is 1.69 bits per heavy atom. The van der Waals surface area contributed by atoms with Crippen molar-refractivity contribution in [2.24, 2.45) is 5.73 Å². The summed E-state index contributed by atoms with van der Waals surface area (Å²) in [7, 11) is 0. The Hall–Kier alpha value is 0.1000. The standard InChI is InChI=1S/C9H12BrNOS/c10-7-1-2-13-8(7)9(5-11)3-6(12)4-9/h1-2,6,12H,3-5,11H2. The van der Waals surface area contributed by atoms with Crippen molar-refractivity contribution in [3.05, 3.63) is 20.8 Å². The Labute approximate surface area is 89.9 Å². The van der Waals surface area contributed by atoms with Crippen LogP contribution in [0.15, 0.2) is 15.9 Å². The molecule has 2 rings (SSSR count). The lowest BCUT2D eigenvalue weighted by molar-refractivity contribution is 0.0236. The number of aliphatic hydroxyl groups excluding tert-OH is 1. The number of halogens is 1. The highest BCUT2D eigenvalue weighted by Gasteiger charge is 2.45. The average Bonchev–Trinajstić information content (AvgIpc) is 2.46. The first-order chi connectivity index (χ1) is 6.18. The van der Waals surface area contributed by atoms with E-state index in [0.717, 1.165) is 17.3 Å². The van der Waals surface area contributed by atoms with Crippen LogP contribution in [0, 0.1) is 0 Å². The van der Waals surface area contributed by atoms with Gasteiger partial charge in [-0.15, -0.1) is 11.3 Å². The van der Waals surface area contributed by atoms with Crippen LogP contribution >= 0.6 is 27.3 Å². The topological polar surface area (TPSA) is 46.2 Å². The summed E-state index contributed by atoms with van der Waals surface area (Å²) < 4.78 is 1.13. The second-order valence-electron chi connectivity index (χ2n) is 3.64. The van der Waals surface area contributed by atoms with Crippen molar-refractivity contribution in [2.75, 3.05) is 6.54 Å². The van der Waals surface area contributed by atoms with Crippen molar-refractivity contribution in [1.29, 1.82) is 0 Å². The molecule has 0 radical (unpaired) electrons. The zero-order chi connectivity index (χ0) is 9.47. The number of hydrogen-bond acceptors (Lipinski definition) is 3. The van der Waals surface area contributed by atoms with Gasteiger partial charge in [0.15, 0.2) is 0 Å². The summed E-state index contributed by atoms with van der Waals surface area (Å²) in [4.78, 5) is 1.29. The van der Waals surface area contributed by atoms with Crippen molar-refractivity contribution in [2.45, 2.75) is 24.4 Å². The highest BCUT2D eigenvalue weighted by molar-refractivity contribution is 9.10. The fourth-order valence-electron chi connectivity index (χ4n) is 1.96. The summed E-state index contributed by atoms with van der Waals surface area (Å²) >= 11 is 5.23. The van der Waals surface area contributed by atoms with Crippen LogP contribution in [0.2, 0.25) is 0 Å². The highest BCUT2D eigenvalue weighted by atomic mass is 79.9. The first kappa shape index (κ1) is 9.65. The summed E-state index contributed by atoms with van der Waals surface area (Å²) in [5, 5.41) is 11.4. The Morgan fingerprint density at radius 3 is 2.77 bits per heavy atom. The van der Waals surface area contributed by atoms with Gasteiger partial charge in [-0.3, -0.25) is 0 Å². The van der Waals surface area contributed by atoms with E-state index in [9.17, 15) is 5.11 Å². The minimum absolute atomic E-state index is 0.0480. The second-order valence-corrected chi connectivity index (χ2v) is 5.41. The number of hydrogen-bond donors (Lipinski definition) is 2.